The van der Waals surface area contributed by atoms with E-state index in [0.717, 1.165) is 36.3 Å². The van der Waals surface area contributed by atoms with Crippen LogP contribution in [0.4, 0.5) is 5.69 Å². The summed E-state index contributed by atoms with van der Waals surface area (Å²) in [6.07, 6.45) is 9.77. The standard InChI is InChI=1S/C20H26N2O2S/c23-19(22(14-7-1-2-8-14)15-9-3-4-10-15)13-18-20(24)21-16-11-5-6-12-17(16)25-18/h5-6,11-12,14-15,18H,1-4,7-10,13H2,(H,21,24)/t18-/m0/s1. The van der Waals surface area contributed by atoms with E-state index in [9.17, 15) is 9.59 Å². The molecular formula is C20H26N2O2S. The molecule has 1 N–H and O–H groups in total. The maximum atomic E-state index is 13.2. The summed E-state index contributed by atoms with van der Waals surface area (Å²) in [6.45, 7) is 0. The lowest BCUT2D eigenvalue weighted by atomic mass is 10.1. The van der Waals surface area contributed by atoms with Crippen LogP contribution in [0.15, 0.2) is 29.2 Å². The molecule has 0 bridgehead atoms. The molecule has 0 unspecified atom stereocenters. The predicted octanol–water partition coefficient (Wildman–Crippen LogP) is 4.20. The number of hydrogen-bond donors (Lipinski definition) is 1. The Morgan fingerprint density at radius 2 is 1.64 bits per heavy atom. The lowest BCUT2D eigenvalue weighted by Gasteiger charge is -2.36. The van der Waals surface area contributed by atoms with Gasteiger partial charge in [0.25, 0.3) is 0 Å². The van der Waals surface area contributed by atoms with E-state index in [1.807, 2.05) is 24.3 Å². The molecule has 2 amide bonds. The van der Waals surface area contributed by atoms with E-state index in [4.69, 9.17) is 0 Å². The topological polar surface area (TPSA) is 49.4 Å². The van der Waals surface area contributed by atoms with Crippen LogP contribution >= 0.6 is 11.8 Å². The van der Waals surface area contributed by atoms with E-state index in [0.29, 0.717) is 18.5 Å². The first-order chi connectivity index (χ1) is 12.2. The maximum Gasteiger partial charge on any atom is 0.238 e. The lowest BCUT2D eigenvalue weighted by Crippen LogP contribution is -2.47. The molecule has 25 heavy (non-hydrogen) atoms. The van der Waals surface area contributed by atoms with Gasteiger partial charge in [0.1, 0.15) is 0 Å². The molecule has 4 rings (SSSR count). The fraction of sp³-hybridized carbons (Fsp3) is 0.600. The van der Waals surface area contributed by atoms with Gasteiger partial charge in [0.05, 0.1) is 10.9 Å². The van der Waals surface area contributed by atoms with Crippen molar-refractivity contribution in [3.05, 3.63) is 24.3 Å². The summed E-state index contributed by atoms with van der Waals surface area (Å²) in [7, 11) is 0. The Hall–Kier alpha value is -1.49. The highest BCUT2D eigenvalue weighted by Gasteiger charge is 2.37. The van der Waals surface area contributed by atoms with Gasteiger partial charge in [-0.05, 0) is 37.8 Å². The van der Waals surface area contributed by atoms with Crippen LogP contribution in [0, 0.1) is 0 Å². The fourth-order valence-electron chi connectivity index (χ4n) is 4.56. The van der Waals surface area contributed by atoms with Crippen molar-refractivity contribution in [1.29, 1.82) is 0 Å². The number of carbonyl (C=O) groups excluding carboxylic acids is 2. The minimum absolute atomic E-state index is 0.0326. The van der Waals surface area contributed by atoms with Crippen molar-refractivity contribution in [3.8, 4) is 0 Å². The number of carbonyl (C=O) groups is 2. The number of benzene rings is 1. The van der Waals surface area contributed by atoms with E-state index < -0.39 is 0 Å². The molecule has 0 spiro atoms. The molecule has 2 saturated carbocycles. The predicted molar refractivity (Wildman–Crippen MR) is 101 cm³/mol. The molecule has 0 aromatic heterocycles. The van der Waals surface area contributed by atoms with Gasteiger partial charge in [0.15, 0.2) is 0 Å². The number of para-hydroxylation sites is 1. The van der Waals surface area contributed by atoms with Gasteiger partial charge < -0.3 is 10.2 Å². The van der Waals surface area contributed by atoms with E-state index >= 15 is 0 Å². The first kappa shape index (κ1) is 17.0. The Bertz CT molecular complexity index is 635. The Morgan fingerprint density at radius 3 is 2.28 bits per heavy atom. The van der Waals surface area contributed by atoms with E-state index in [-0.39, 0.29) is 17.1 Å². The molecular weight excluding hydrogens is 332 g/mol. The third-order valence-corrected chi connectivity index (χ3v) is 7.07. The van der Waals surface area contributed by atoms with Gasteiger partial charge in [0, 0.05) is 23.4 Å². The lowest BCUT2D eigenvalue weighted by molar-refractivity contribution is -0.137. The number of fused-ring (bicyclic) bond motifs is 1. The van der Waals surface area contributed by atoms with Gasteiger partial charge in [-0.25, -0.2) is 0 Å². The number of amides is 2. The number of nitrogens with one attached hydrogen (secondary N) is 1. The first-order valence-electron chi connectivity index (χ1n) is 9.60. The molecule has 4 nitrogen and oxygen atoms in total. The van der Waals surface area contributed by atoms with Crippen LogP contribution in [0.5, 0.6) is 0 Å². The van der Waals surface area contributed by atoms with Crippen molar-refractivity contribution in [3.63, 3.8) is 0 Å². The number of rotatable bonds is 4. The summed E-state index contributed by atoms with van der Waals surface area (Å²) >= 11 is 1.54. The highest BCUT2D eigenvalue weighted by Crippen LogP contribution is 2.38. The highest BCUT2D eigenvalue weighted by molar-refractivity contribution is 8.01. The second-order valence-electron chi connectivity index (χ2n) is 7.47. The largest absolute Gasteiger partial charge is 0.337 e. The number of nitrogens with zero attached hydrogens (tertiary/aromatic N) is 1. The molecule has 134 valence electrons. The van der Waals surface area contributed by atoms with Gasteiger partial charge in [-0.1, -0.05) is 37.8 Å². The van der Waals surface area contributed by atoms with Gasteiger partial charge >= 0.3 is 0 Å². The van der Waals surface area contributed by atoms with Crippen molar-refractivity contribution in [2.24, 2.45) is 0 Å². The van der Waals surface area contributed by atoms with Crippen molar-refractivity contribution >= 4 is 29.3 Å². The molecule has 1 aromatic rings. The van der Waals surface area contributed by atoms with E-state index in [1.54, 1.807) is 0 Å². The molecule has 5 heteroatoms. The third-order valence-electron chi connectivity index (χ3n) is 5.79. The van der Waals surface area contributed by atoms with Crippen LogP contribution < -0.4 is 5.32 Å². The van der Waals surface area contributed by atoms with Gasteiger partial charge in [0.2, 0.25) is 11.8 Å². The SMILES string of the molecule is O=C1Nc2ccccc2S[C@H]1CC(=O)N(C1CCCC1)C1CCCC1. The molecule has 0 radical (unpaired) electrons. The number of thioether (sulfide) groups is 1. The van der Waals surface area contributed by atoms with Crippen molar-refractivity contribution < 1.29 is 9.59 Å². The Kier molecular flexibility index (Phi) is 5.02. The molecule has 2 fully saturated rings. The Morgan fingerprint density at radius 1 is 1.04 bits per heavy atom. The second kappa shape index (κ2) is 7.40. The van der Waals surface area contributed by atoms with Gasteiger partial charge in [-0.15, -0.1) is 11.8 Å². The van der Waals surface area contributed by atoms with E-state index in [1.165, 1.54) is 37.4 Å². The maximum absolute atomic E-state index is 13.2. The Balaban J connectivity index is 1.48. The third kappa shape index (κ3) is 3.57. The molecule has 0 saturated heterocycles. The van der Waals surface area contributed by atoms with Crippen molar-refractivity contribution in [2.45, 2.75) is 80.0 Å². The van der Waals surface area contributed by atoms with Gasteiger partial charge in [-0.2, -0.15) is 0 Å². The van der Waals surface area contributed by atoms with Crippen LogP contribution in [-0.4, -0.2) is 34.0 Å². The summed E-state index contributed by atoms with van der Waals surface area (Å²) in [5.74, 6) is 0.153. The summed E-state index contributed by atoms with van der Waals surface area (Å²) in [4.78, 5) is 28.9. The zero-order valence-electron chi connectivity index (χ0n) is 14.6. The van der Waals surface area contributed by atoms with E-state index in [2.05, 4.69) is 10.2 Å². The molecule has 1 aromatic carbocycles. The molecule has 2 aliphatic carbocycles. The summed E-state index contributed by atoms with van der Waals surface area (Å²) in [5.41, 5.74) is 0.865. The second-order valence-corrected chi connectivity index (χ2v) is 8.72. The zero-order chi connectivity index (χ0) is 17.2. The van der Waals surface area contributed by atoms with Crippen molar-refractivity contribution in [1.82, 2.24) is 4.90 Å². The fourth-order valence-corrected chi connectivity index (χ4v) is 5.66. The monoisotopic (exact) mass is 358 g/mol. The number of hydrogen-bond acceptors (Lipinski definition) is 3. The first-order valence-corrected chi connectivity index (χ1v) is 10.5. The zero-order valence-corrected chi connectivity index (χ0v) is 15.4. The van der Waals surface area contributed by atoms with Crippen LogP contribution in [0.3, 0.4) is 0 Å². The summed E-state index contributed by atoms with van der Waals surface area (Å²) in [5, 5.41) is 2.65. The number of anilines is 1. The molecule has 1 atom stereocenters. The van der Waals surface area contributed by atoms with Gasteiger partial charge in [-0.3, -0.25) is 9.59 Å². The quantitative estimate of drug-likeness (QED) is 0.877. The minimum atomic E-state index is -0.312. The minimum Gasteiger partial charge on any atom is -0.337 e. The van der Waals surface area contributed by atoms with Crippen LogP contribution in [0.25, 0.3) is 0 Å². The normalized spacial score (nSPS) is 24.2. The molecule has 1 heterocycles. The van der Waals surface area contributed by atoms with Crippen molar-refractivity contribution in [2.75, 3.05) is 5.32 Å². The highest BCUT2D eigenvalue weighted by atomic mass is 32.2. The van der Waals surface area contributed by atoms with Crippen LogP contribution in [-0.2, 0) is 9.59 Å². The Labute approximate surface area is 153 Å². The molecule has 1 aliphatic heterocycles. The summed E-state index contributed by atoms with van der Waals surface area (Å²) in [6, 6.07) is 8.64. The smallest absolute Gasteiger partial charge is 0.238 e. The average molecular weight is 359 g/mol. The average Bonchev–Trinajstić information content (AvgIpc) is 3.30. The summed E-state index contributed by atoms with van der Waals surface area (Å²) < 4.78 is 0. The molecule has 3 aliphatic rings. The van der Waals surface area contributed by atoms with Crippen LogP contribution in [0.1, 0.15) is 57.8 Å². The van der Waals surface area contributed by atoms with Crippen LogP contribution in [0.2, 0.25) is 0 Å².